The van der Waals surface area contributed by atoms with Gasteiger partial charge in [-0.1, -0.05) is 30.3 Å². The third-order valence-electron chi connectivity index (χ3n) is 5.02. The van der Waals surface area contributed by atoms with Gasteiger partial charge in [0.15, 0.2) is 0 Å². The van der Waals surface area contributed by atoms with Gasteiger partial charge in [-0.3, -0.25) is 14.5 Å². The topological polar surface area (TPSA) is 59.1 Å². The second-order valence-corrected chi connectivity index (χ2v) is 7.44. The van der Waals surface area contributed by atoms with Gasteiger partial charge in [-0.25, -0.2) is 0 Å². The van der Waals surface area contributed by atoms with Crippen LogP contribution in [0.1, 0.15) is 33.3 Å². The average molecular weight is 423 g/mol. The zero-order valence-electron chi connectivity index (χ0n) is 18.6. The molecule has 0 saturated carbocycles. The molecule has 0 aliphatic carbocycles. The Balaban J connectivity index is 2.04. The van der Waals surface area contributed by atoms with Crippen molar-refractivity contribution >= 4 is 23.1 Å². The van der Waals surface area contributed by atoms with Crippen LogP contribution in [0.2, 0.25) is 0 Å². The second-order valence-electron chi connectivity index (χ2n) is 7.44. The fourth-order valence-corrected chi connectivity index (χ4v) is 3.62. The number of carbonyl (C=O) groups is 2. The van der Waals surface area contributed by atoms with Gasteiger partial charge in [0.05, 0.1) is 31.4 Å². The third kappa shape index (κ3) is 4.97. The molecular weight excluding hydrogens is 392 g/mol. The Labute approximate surface area is 184 Å². The van der Waals surface area contributed by atoms with Gasteiger partial charge in [-0.05, 0) is 57.5 Å². The fraction of sp³-hybridized carbons (Fsp3) is 0.360. The third-order valence-corrected chi connectivity index (χ3v) is 5.02. The molecule has 1 aliphatic heterocycles. The molecule has 6 heteroatoms. The number of imide groups is 1. The van der Waals surface area contributed by atoms with Gasteiger partial charge in [-0.15, -0.1) is 0 Å². The highest BCUT2D eigenvalue weighted by molar-refractivity contribution is 6.36. The van der Waals surface area contributed by atoms with Crippen LogP contribution in [0.4, 0.5) is 5.69 Å². The monoisotopic (exact) mass is 422 g/mol. The van der Waals surface area contributed by atoms with Crippen molar-refractivity contribution in [2.24, 2.45) is 0 Å². The molecular formula is C25H30N2O4. The number of likely N-dealkylation sites (N-methyl/N-ethyl adjacent to an activating group) is 1. The predicted molar refractivity (Wildman–Crippen MR) is 122 cm³/mol. The van der Waals surface area contributed by atoms with Crippen LogP contribution in [0.5, 0.6) is 5.75 Å². The van der Waals surface area contributed by atoms with Crippen molar-refractivity contribution in [3.63, 3.8) is 0 Å². The van der Waals surface area contributed by atoms with E-state index < -0.39 is 0 Å². The van der Waals surface area contributed by atoms with Crippen LogP contribution < -0.4 is 9.64 Å². The van der Waals surface area contributed by atoms with E-state index in [1.807, 2.05) is 87.2 Å². The quantitative estimate of drug-likeness (QED) is 0.539. The molecule has 6 nitrogen and oxygen atoms in total. The minimum atomic E-state index is -0.300. The van der Waals surface area contributed by atoms with Crippen molar-refractivity contribution in [2.75, 3.05) is 31.2 Å². The summed E-state index contributed by atoms with van der Waals surface area (Å²) in [5, 5.41) is 0. The summed E-state index contributed by atoms with van der Waals surface area (Å²) >= 11 is 0. The number of nitrogens with zero attached hydrogens (tertiary/aromatic N) is 2. The number of carbonyl (C=O) groups excluding carboxylic acids is 2. The van der Waals surface area contributed by atoms with Gasteiger partial charge in [-0.2, -0.15) is 0 Å². The lowest BCUT2D eigenvalue weighted by Crippen LogP contribution is -2.37. The minimum absolute atomic E-state index is 0.0299. The highest BCUT2D eigenvalue weighted by atomic mass is 16.5. The highest BCUT2D eigenvalue weighted by Gasteiger charge is 2.41. The smallest absolute Gasteiger partial charge is 0.278 e. The van der Waals surface area contributed by atoms with E-state index >= 15 is 0 Å². The van der Waals surface area contributed by atoms with Crippen molar-refractivity contribution in [1.29, 1.82) is 0 Å². The van der Waals surface area contributed by atoms with Crippen molar-refractivity contribution in [3.05, 3.63) is 65.9 Å². The van der Waals surface area contributed by atoms with E-state index in [0.29, 0.717) is 36.6 Å². The van der Waals surface area contributed by atoms with E-state index in [0.717, 1.165) is 11.4 Å². The maximum absolute atomic E-state index is 13.4. The Kier molecular flexibility index (Phi) is 7.47. The molecule has 0 saturated heterocycles. The lowest BCUT2D eigenvalue weighted by atomic mass is 10.0. The average Bonchev–Trinajstić information content (AvgIpc) is 3.01. The Hall–Kier alpha value is -3.12. The van der Waals surface area contributed by atoms with Crippen LogP contribution in [0.25, 0.3) is 5.57 Å². The van der Waals surface area contributed by atoms with Gasteiger partial charge in [0.1, 0.15) is 11.4 Å². The molecule has 0 unspecified atom stereocenters. The molecule has 2 amide bonds. The standard InChI is InChI=1S/C25H30N2O4/c1-5-26(20-10-8-7-9-11-20)23-22(19-12-14-21(15-13-19)30-6-2)24(28)27(25(23)29)16-17-31-18(3)4/h7-15,18H,5-6,16-17H2,1-4H3. The van der Waals surface area contributed by atoms with E-state index in [9.17, 15) is 9.59 Å². The molecule has 0 fully saturated rings. The van der Waals surface area contributed by atoms with E-state index in [4.69, 9.17) is 9.47 Å². The number of para-hydroxylation sites is 1. The van der Waals surface area contributed by atoms with Crippen LogP contribution in [-0.4, -0.2) is 49.1 Å². The Bertz CT molecular complexity index is 936. The summed E-state index contributed by atoms with van der Waals surface area (Å²) in [6.07, 6.45) is 0.0299. The number of rotatable bonds is 10. The van der Waals surface area contributed by atoms with Gasteiger partial charge in [0.2, 0.25) is 0 Å². The molecule has 0 bridgehead atoms. The fourth-order valence-electron chi connectivity index (χ4n) is 3.62. The summed E-state index contributed by atoms with van der Waals surface area (Å²) in [6, 6.07) is 17.0. The minimum Gasteiger partial charge on any atom is -0.494 e. The molecule has 0 atom stereocenters. The summed E-state index contributed by atoms with van der Waals surface area (Å²) in [6.45, 7) is 9.37. The molecule has 0 aromatic heterocycles. The van der Waals surface area contributed by atoms with Gasteiger partial charge >= 0.3 is 0 Å². The summed E-state index contributed by atoms with van der Waals surface area (Å²) < 4.78 is 11.1. The van der Waals surface area contributed by atoms with Gasteiger partial charge < -0.3 is 14.4 Å². The van der Waals surface area contributed by atoms with E-state index in [-0.39, 0.29) is 24.5 Å². The first kappa shape index (κ1) is 22.6. The first-order valence-electron chi connectivity index (χ1n) is 10.8. The van der Waals surface area contributed by atoms with E-state index in [1.165, 1.54) is 4.90 Å². The lowest BCUT2D eigenvalue weighted by molar-refractivity contribution is -0.138. The number of ether oxygens (including phenoxy) is 2. The lowest BCUT2D eigenvalue weighted by Gasteiger charge is -2.25. The van der Waals surface area contributed by atoms with Crippen molar-refractivity contribution in [2.45, 2.75) is 33.8 Å². The van der Waals surface area contributed by atoms with Crippen LogP contribution in [-0.2, 0) is 14.3 Å². The normalized spacial score (nSPS) is 14.0. The molecule has 164 valence electrons. The maximum Gasteiger partial charge on any atom is 0.278 e. The van der Waals surface area contributed by atoms with Crippen LogP contribution >= 0.6 is 0 Å². The molecule has 0 spiro atoms. The van der Waals surface area contributed by atoms with Crippen LogP contribution in [0.3, 0.4) is 0 Å². The Morgan fingerprint density at radius 1 is 0.935 bits per heavy atom. The summed E-state index contributed by atoms with van der Waals surface area (Å²) in [5.74, 6) is 0.126. The van der Waals surface area contributed by atoms with Gasteiger partial charge in [0, 0.05) is 12.2 Å². The van der Waals surface area contributed by atoms with Crippen LogP contribution in [0, 0.1) is 0 Å². The number of amides is 2. The predicted octanol–water partition coefficient (Wildman–Crippen LogP) is 4.12. The van der Waals surface area contributed by atoms with E-state index in [2.05, 4.69) is 0 Å². The molecule has 3 rings (SSSR count). The highest BCUT2D eigenvalue weighted by Crippen LogP contribution is 2.34. The van der Waals surface area contributed by atoms with Crippen molar-refractivity contribution in [3.8, 4) is 5.75 Å². The Morgan fingerprint density at radius 2 is 1.61 bits per heavy atom. The number of benzene rings is 2. The molecule has 31 heavy (non-hydrogen) atoms. The molecule has 2 aromatic rings. The first-order chi connectivity index (χ1) is 15.0. The Morgan fingerprint density at radius 3 is 2.19 bits per heavy atom. The van der Waals surface area contributed by atoms with Crippen molar-refractivity contribution in [1.82, 2.24) is 4.90 Å². The molecule has 2 aromatic carbocycles. The summed E-state index contributed by atoms with van der Waals surface area (Å²) in [4.78, 5) is 30.0. The summed E-state index contributed by atoms with van der Waals surface area (Å²) in [5.41, 5.74) is 2.36. The first-order valence-corrected chi connectivity index (χ1v) is 10.8. The molecule has 0 radical (unpaired) electrons. The number of anilines is 1. The largest absolute Gasteiger partial charge is 0.494 e. The zero-order valence-corrected chi connectivity index (χ0v) is 18.6. The second kappa shape index (κ2) is 10.3. The molecule has 1 aliphatic rings. The van der Waals surface area contributed by atoms with Gasteiger partial charge in [0.25, 0.3) is 11.8 Å². The summed E-state index contributed by atoms with van der Waals surface area (Å²) in [7, 11) is 0. The molecule has 0 N–H and O–H groups in total. The van der Waals surface area contributed by atoms with Crippen molar-refractivity contribution < 1.29 is 19.1 Å². The SMILES string of the molecule is CCOc1ccc(C2=C(N(CC)c3ccccc3)C(=O)N(CCOC(C)C)C2=O)cc1. The van der Waals surface area contributed by atoms with E-state index in [1.54, 1.807) is 0 Å². The maximum atomic E-state index is 13.4. The van der Waals surface area contributed by atoms with Crippen LogP contribution in [0.15, 0.2) is 60.3 Å². The zero-order chi connectivity index (χ0) is 22.4. The number of hydrogen-bond acceptors (Lipinski definition) is 5. The number of hydrogen-bond donors (Lipinski definition) is 0. The molecule has 1 heterocycles.